The molecular weight excluding hydrogens is 272 g/mol. The fraction of sp³-hybridized carbons (Fsp3) is 0.350. The van der Waals surface area contributed by atoms with E-state index in [4.69, 9.17) is 4.74 Å². The SMILES string of the molecule is O=C(OCCC1CC2C=CC1C2)c1ccc2ccccc2c1. The second-order valence-corrected chi connectivity index (χ2v) is 6.53. The molecule has 2 aromatic carbocycles. The second kappa shape index (κ2) is 5.60. The predicted octanol–water partition coefficient (Wildman–Crippen LogP) is 4.60. The Morgan fingerprint density at radius 3 is 2.68 bits per heavy atom. The maximum absolute atomic E-state index is 12.2. The first-order valence-corrected chi connectivity index (χ1v) is 8.14. The van der Waals surface area contributed by atoms with Crippen molar-refractivity contribution in [2.24, 2.45) is 17.8 Å². The lowest BCUT2D eigenvalue weighted by Gasteiger charge is -2.17. The fourth-order valence-electron chi connectivity index (χ4n) is 3.93. The Morgan fingerprint density at radius 2 is 1.91 bits per heavy atom. The molecule has 0 spiro atoms. The van der Waals surface area contributed by atoms with Crippen LogP contribution < -0.4 is 0 Å². The van der Waals surface area contributed by atoms with Gasteiger partial charge >= 0.3 is 5.97 Å². The zero-order valence-electron chi connectivity index (χ0n) is 12.6. The quantitative estimate of drug-likeness (QED) is 0.608. The third-order valence-corrected chi connectivity index (χ3v) is 5.12. The molecule has 112 valence electrons. The Balaban J connectivity index is 1.36. The van der Waals surface area contributed by atoms with E-state index < -0.39 is 0 Å². The van der Waals surface area contributed by atoms with E-state index in [1.165, 1.54) is 12.8 Å². The summed E-state index contributed by atoms with van der Waals surface area (Å²) >= 11 is 0. The maximum atomic E-state index is 12.2. The Labute approximate surface area is 130 Å². The summed E-state index contributed by atoms with van der Waals surface area (Å²) in [7, 11) is 0. The summed E-state index contributed by atoms with van der Waals surface area (Å²) < 4.78 is 5.48. The number of benzene rings is 2. The monoisotopic (exact) mass is 292 g/mol. The van der Waals surface area contributed by atoms with E-state index in [0.717, 1.165) is 29.0 Å². The van der Waals surface area contributed by atoms with Crippen LogP contribution in [0.5, 0.6) is 0 Å². The van der Waals surface area contributed by atoms with Crippen LogP contribution >= 0.6 is 0 Å². The van der Waals surface area contributed by atoms with Crippen LogP contribution in [0.4, 0.5) is 0 Å². The van der Waals surface area contributed by atoms with Crippen LogP contribution in [0.3, 0.4) is 0 Å². The summed E-state index contributed by atoms with van der Waals surface area (Å²) in [6.07, 6.45) is 8.27. The van der Waals surface area contributed by atoms with Crippen LogP contribution in [0.2, 0.25) is 0 Å². The van der Waals surface area contributed by atoms with Crippen molar-refractivity contribution < 1.29 is 9.53 Å². The molecule has 0 aliphatic heterocycles. The normalized spacial score (nSPS) is 25.7. The van der Waals surface area contributed by atoms with Crippen molar-refractivity contribution >= 4 is 16.7 Å². The Morgan fingerprint density at radius 1 is 1.05 bits per heavy atom. The van der Waals surface area contributed by atoms with Crippen LogP contribution in [0.1, 0.15) is 29.6 Å². The van der Waals surface area contributed by atoms with Gasteiger partial charge in [0.15, 0.2) is 0 Å². The molecule has 2 aromatic rings. The number of hydrogen-bond acceptors (Lipinski definition) is 2. The summed E-state index contributed by atoms with van der Waals surface area (Å²) in [4.78, 5) is 12.2. The minimum Gasteiger partial charge on any atom is -0.462 e. The van der Waals surface area contributed by atoms with Gasteiger partial charge in [-0.3, -0.25) is 0 Å². The molecule has 1 saturated carbocycles. The van der Waals surface area contributed by atoms with Crippen molar-refractivity contribution in [3.63, 3.8) is 0 Å². The Bertz CT molecular complexity index is 731. The number of carbonyl (C=O) groups excluding carboxylic acids is 1. The van der Waals surface area contributed by atoms with E-state index in [-0.39, 0.29) is 5.97 Å². The lowest BCUT2D eigenvalue weighted by atomic mass is 9.91. The first-order chi connectivity index (χ1) is 10.8. The van der Waals surface area contributed by atoms with Gasteiger partial charge in [-0.25, -0.2) is 4.79 Å². The molecular formula is C20H20O2. The average molecular weight is 292 g/mol. The zero-order chi connectivity index (χ0) is 14.9. The van der Waals surface area contributed by atoms with Gasteiger partial charge in [-0.1, -0.05) is 42.5 Å². The van der Waals surface area contributed by atoms with Crippen molar-refractivity contribution in [1.82, 2.24) is 0 Å². The van der Waals surface area contributed by atoms with Crippen molar-refractivity contribution in [3.05, 3.63) is 60.2 Å². The number of rotatable bonds is 4. The smallest absolute Gasteiger partial charge is 0.338 e. The minimum atomic E-state index is -0.204. The topological polar surface area (TPSA) is 26.3 Å². The molecule has 0 N–H and O–H groups in total. The van der Waals surface area contributed by atoms with Gasteiger partial charge in [0.05, 0.1) is 12.2 Å². The van der Waals surface area contributed by atoms with E-state index in [9.17, 15) is 4.79 Å². The number of fused-ring (bicyclic) bond motifs is 3. The summed E-state index contributed by atoms with van der Waals surface area (Å²) in [5, 5.41) is 2.23. The molecule has 1 fully saturated rings. The highest BCUT2D eigenvalue weighted by Gasteiger charge is 2.35. The average Bonchev–Trinajstić information content (AvgIpc) is 3.17. The molecule has 2 heteroatoms. The zero-order valence-corrected chi connectivity index (χ0v) is 12.6. The fourth-order valence-corrected chi connectivity index (χ4v) is 3.93. The van der Waals surface area contributed by atoms with E-state index in [1.807, 2.05) is 42.5 Å². The van der Waals surface area contributed by atoms with E-state index in [1.54, 1.807) is 0 Å². The van der Waals surface area contributed by atoms with Gasteiger partial charge in [-0.05, 0) is 59.9 Å². The maximum Gasteiger partial charge on any atom is 0.338 e. The van der Waals surface area contributed by atoms with E-state index >= 15 is 0 Å². The third kappa shape index (κ3) is 2.54. The highest BCUT2D eigenvalue weighted by Crippen LogP contribution is 2.44. The molecule has 22 heavy (non-hydrogen) atoms. The number of esters is 1. The van der Waals surface area contributed by atoms with E-state index in [0.29, 0.717) is 18.1 Å². The van der Waals surface area contributed by atoms with E-state index in [2.05, 4.69) is 12.2 Å². The molecule has 2 aliphatic rings. The number of ether oxygens (including phenoxy) is 1. The lowest BCUT2D eigenvalue weighted by molar-refractivity contribution is 0.0478. The van der Waals surface area contributed by atoms with Crippen LogP contribution in [0.25, 0.3) is 10.8 Å². The third-order valence-electron chi connectivity index (χ3n) is 5.12. The van der Waals surface area contributed by atoms with Crippen LogP contribution in [0.15, 0.2) is 54.6 Å². The van der Waals surface area contributed by atoms with Gasteiger partial charge in [0.2, 0.25) is 0 Å². The largest absolute Gasteiger partial charge is 0.462 e. The highest BCUT2D eigenvalue weighted by molar-refractivity contribution is 5.95. The molecule has 0 amide bonds. The molecule has 2 nitrogen and oxygen atoms in total. The van der Waals surface area contributed by atoms with Crippen LogP contribution in [-0.2, 0) is 4.74 Å². The van der Waals surface area contributed by atoms with Gasteiger partial charge in [0, 0.05) is 0 Å². The molecule has 0 radical (unpaired) electrons. The molecule has 3 unspecified atom stereocenters. The molecule has 0 saturated heterocycles. The van der Waals surface area contributed by atoms with Gasteiger partial charge in [0.1, 0.15) is 0 Å². The Hall–Kier alpha value is -2.09. The molecule has 2 aliphatic carbocycles. The van der Waals surface area contributed by atoms with Gasteiger partial charge < -0.3 is 4.74 Å². The summed E-state index contributed by atoms with van der Waals surface area (Å²) in [5.74, 6) is 2.01. The molecule has 4 rings (SSSR count). The first-order valence-electron chi connectivity index (χ1n) is 8.14. The second-order valence-electron chi connectivity index (χ2n) is 6.53. The van der Waals surface area contributed by atoms with Crippen molar-refractivity contribution in [2.45, 2.75) is 19.3 Å². The summed E-state index contributed by atoms with van der Waals surface area (Å²) in [5.41, 5.74) is 0.645. The lowest BCUT2D eigenvalue weighted by Crippen LogP contribution is -2.13. The number of allylic oxidation sites excluding steroid dienone is 2. The molecule has 0 heterocycles. The van der Waals surface area contributed by atoms with Gasteiger partial charge in [-0.15, -0.1) is 0 Å². The first kappa shape index (κ1) is 13.6. The molecule has 3 atom stereocenters. The minimum absolute atomic E-state index is 0.204. The van der Waals surface area contributed by atoms with Gasteiger partial charge in [0.25, 0.3) is 0 Å². The summed E-state index contributed by atoms with van der Waals surface area (Å²) in [6.45, 7) is 0.535. The van der Waals surface area contributed by atoms with Gasteiger partial charge in [-0.2, -0.15) is 0 Å². The highest BCUT2D eigenvalue weighted by atomic mass is 16.5. The van der Waals surface area contributed by atoms with Crippen LogP contribution in [0, 0.1) is 17.8 Å². The molecule has 0 aromatic heterocycles. The predicted molar refractivity (Wildman–Crippen MR) is 87.7 cm³/mol. The van der Waals surface area contributed by atoms with Crippen molar-refractivity contribution in [3.8, 4) is 0 Å². The van der Waals surface area contributed by atoms with Crippen molar-refractivity contribution in [1.29, 1.82) is 0 Å². The molecule has 2 bridgehead atoms. The number of carbonyl (C=O) groups is 1. The Kier molecular flexibility index (Phi) is 3.45. The summed E-state index contributed by atoms with van der Waals surface area (Å²) in [6, 6.07) is 13.8. The van der Waals surface area contributed by atoms with Crippen molar-refractivity contribution in [2.75, 3.05) is 6.61 Å². The van der Waals surface area contributed by atoms with Crippen LogP contribution in [-0.4, -0.2) is 12.6 Å². The standard InChI is InChI=1S/C20H20O2/c21-20(19-8-7-15-3-1-2-4-16(15)13-19)22-10-9-18-12-14-5-6-17(18)11-14/h1-8,13-14,17-18H,9-12H2. The number of hydrogen-bond donors (Lipinski definition) is 0.